The summed E-state index contributed by atoms with van der Waals surface area (Å²) in [5, 5.41) is 24.7. The van der Waals surface area contributed by atoms with Gasteiger partial charge in [0.15, 0.2) is 11.4 Å². The number of rotatable bonds is 7. The van der Waals surface area contributed by atoms with E-state index < -0.39 is 40.8 Å². The van der Waals surface area contributed by atoms with Crippen LogP contribution < -0.4 is 0 Å². The summed E-state index contributed by atoms with van der Waals surface area (Å²) in [5.74, 6) is 0.195. The molecule has 7 nitrogen and oxygen atoms in total. The summed E-state index contributed by atoms with van der Waals surface area (Å²) >= 11 is 0. The average molecular weight is 533 g/mol. The van der Waals surface area contributed by atoms with Crippen LogP contribution in [0.25, 0.3) is 0 Å². The molecule has 0 aromatic heterocycles. The number of esters is 2. The molecule has 7 heteroatoms. The molecule has 0 spiro atoms. The molecular formula is C31H48O7. The number of ketones is 1. The van der Waals surface area contributed by atoms with Crippen molar-refractivity contribution < 1.29 is 34.1 Å². The summed E-state index contributed by atoms with van der Waals surface area (Å²) in [5.41, 5.74) is -4.59. The van der Waals surface area contributed by atoms with Gasteiger partial charge in [-0.25, -0.2) is 0 Å². The molecule has 2 N–H and O–H groups in total. The Kier molecular flexibility index (Phi) is 7.72. The third-order valence-electron chi connectivity index (χ3n) is 11.0. The van der Waals surface area contributed by atoms with Gasteiger partial charge < -0.3 is 19.7 Å². The van der Waals surface area contributed by atoms with Crippen molar-refractivity contribution in [2.75, 3.05) is 0 Å². The standard InChI is InChI=1S/C31H48O7/c1-18(2)9-8-10-19(3)23-11-12-24-25-15-27(38-21(5)33)30(35)16-22(37-20(4)32)13-14-29(30,7)31(25,36)26(34)17-28(23,24)6/h15,18-19,22-24,27,35-36H,8-14,16-17H2,1-7H3/t19-,22+,23-,24+,27-,28-,29+,30+,31+/m1/s1. The predicted molar refractivity (Wildman–Crippen MR) is 143 cm³/mol. The molecule has 214 valence electrons. The number of aliphatic hydroxyl groups is 2. The van der Waals surface area contributed by atoms with Gasteiger partial charge in [0, 0.05) is 32.1 Å². The van der Waals surface area contributed by atoms with Crippen LogP contribution in [0.4, 0.5) is 0 Å². The van der Waals surface area contributed by atoms with Gasteiger partial charge in [-0.1, -0.05) is 53.9 Å². The van der Waals surface area contributed by atoms with Gasteiger partial charge in [-0.2, -0.15) is 0 Å². The van der Waals surface area contributed by atoms with Gasteiger partial charge in [-0.3, -0.25) is 14.4 Å². The fraction of sp³-hybridized carbons (Fsp3) is 0.839. The van der Waals surface area contributed by atoms with Gasteiger partial charge >= 0.3 is 11.9 Å². The van der Waals surface area contributed by atoms with Crippen molar-refractivity contribution in [3.05, 3.63) is 11.6 Å². The SMILES string of the molecule is CC(=O)O[C@H]1CC[C@]2(C)[C@@]3(O)C(=O)C[C@]4(C)[C@@H]([C@H](C)CCCC(C)C)CC[C@H]4C3=C[C@@H](OC(C)=O)[C@@]2(O)C1. The number of carbonyl (C=O) groups is 3. The maximum Gasteiger partial charge on any atom is 0.303 e. The summed E-state index contributed by atoms with van der Waals surface area (Å²) in [6.07, 6.45) is 6.29. The predicted octanol–water partition coefficient (Wildman–Crippen LogP) is 4.91. The van der Waals surface area contributed by atoms with Crippen LogP contribution in [0.2, 0.25) is 0 Å². The van der Waals surface area contributed by atoms with Gasteiger partial charge in [-0.15, -0.1) is 0 Å². The van der Waals surface area contributed by atoms with Crippen molar-refractivity contribution in [2.24, 2.45) is 34.5 Å². The molecule has 0 aromatic rings. The smallest absolute Gasteiger partial charge is 0.303 e. The fourth-order valence-corrected chi connectivity index (χ4v) is 8.97. The Morgan fingerprint density at radius 3 is 2.29 bits per heavy atom. The van der Waals surface area contributed by atoms with Crippen molar-refractivity contribution in [1.82, 2.24) is 0 Å². The first kappa shape index (κ1) is 29.3. The van der Waals surface area contributed by atoms with Gasteiger partial charge in [0.25, 0.3) is 0 Å². The van der Waals surface area contributed by atoms with E-state index in [1.807, 2.05) is 0 Å². The van der Waals surface area contributed by atoms with Crippen LogP contribution in [0, 0.1) is 34.5 Å². The highest BCUT2D eigenvalue weighted by molar-refractivity contribution is 5.94. The van der Waals surface area contributed by atoms with Crippen molar-refractivity contribution in [1.29, 1.82) is 0 Å². The lowest BCUT2D eigenvalue weighted by Gasteiger charge is -2.64. The Labute approximate surface area is 227 Å². The molecular weight excluding hydrogens is 484 g/mol. The molecule has 9 atom stereocenters. The van der Waals surface area contributed by atoms with Crippen LogP contribution in [0.1, 0.15) is 106 Å². The monoisotopic (exact) mass is 532 g/mol. The zero-order valence-electron chi connectivity index (χ0n) is 24.3. The average Bonchev–Trinajstić information content (AvgIpc) is 3.13. The number of hydrogen-bond donors (Lipinski definition) is 2. The molecule has 0 radical (unpaired) electrons. The van der Waals surface area contributed by atoms with Crippen LogP contribution in [0.15, 0.2) is 11.6 Å². The van der Waals surface area contributed by atoms with Crippen molar-refractivity contribution in [3.8, 4) is 0 Å². The van der Waals surface area contributed by atoms with Gasteiger partial charge in [0.1, 0.15) is 17.8 Å². The molecule has 0 amide bonds. The second kappa shape index (κ2) is 10.0. The van der Waals surface area contributed by atoms with Crippen molar-refractivity contribution in [2.45, 2.75) is 130 Å². The molecule has 0 aromatic carbocycles. The minimum Gasteiger partial charge on any atom is -0.462 e. The topological polar surface area (TPSA) is 110 Å². The Balaban J connectivity index is 1.75. The van der Waals surface area contributed by atoms with E-state index in [1.54, 1.807) is 13.0 Å². The van der Waals surface area contributed by atoms with Crippen molar-refractivity contribution in [3.63, 3.8) is 0 Å². The highest BCUT2D eigenvalue weighted by atomic mass is 16.6. The lowest BCUT2D eigenvalue weighted by molar-refractivity contribution is -0.255. The third-order valence-corrected chi connectivity index (χ3v) is 11.0. The number of carbonyl (C=O) groups excluding carboxylic acids is 3. The zero-order valence-corrected chi connectivity index (χ0v) is 24.3. The first-order valence-corrected chi connectivity index (χ1v) is 14.6. The Morgan fingerprint density at radius 1 is 1.03 bits per heavy atom. The minimum atomic E-state index is -1.86. The van der Waals surface area contributed by atoms with Crippen LogP contribution >= 0.6 is 0 Å². The number of ether oxygens (including phenoxy) is 2. The van der Waals surface area contributed by atoms with Crippen LogP contribution in [-0.2, 0) is 23.9 Å². The second-order valence-corrected chi connectivity index (χ2v) is 13.7. The maximum atomic E-state index is 14.2. The molecule has 38 heavy (non-hydrogen) atoms. The number of hydrogen-bond acceptors (Lipinski definition) is 7. The van der Waals surface area contributed by atoms with E-state index in [9.17, 15) is 24.6 Å². The quantitative estimate of drug-likeness (QED) is 0.354. The second-order valence-electron chi connectivity index (χ2n) is 13.7. The van der Waals surface area contributed by atoms with Gasteiger partial charge in [0.2, 0.25) is 0 Å². The lowest BCUT2D eigenvalue weighted by Crippen LogP contribution is -2.75. The molecule has 4 aliphatic rings. The lowest BCUT2D eigenvalue weighted by atomic mass is 9.43. The van der Waals surface area contributed by atoms with Gasteiger partial charge in [-0.05, 0) is 66.4 Å². The summed E-state index contributed by atoms with van der Waals surface area (Å²) in [7, 11) is 0. The van der Waals surface area contributed by atoms with E-state index in [-0.39, 0.29) is 36.4 Å². The van der Waals surface area contributed by atoms with E-state index in [0.717, 1.165) is 19.3 Å². The summed E-state index contributed by atoms with van der Waals surface area (Å²) in [6, 6.07) is 0. The fourth-order valence-electron chi connectivity index (χ4n) is 8.97. The van der Waals surface area contributed by atoms with Crippen molar-refractivity contribution >= 4 is 17.7 Å². The van der Waals surface area contributed by atoms with Gasteiger partial charge in [0.05, 0.1) is 0 Å². The minimum absolute atomic E-state index is 0.0160. The molecule has 4 rings (SSSR count). The molecule has 3 fully saturated rings. The Morgan fingerprint density at radius 2 is 1.68 bits per heavy atom. The van der Waals surface area contributed by atoms with Crippen LogP contribution in [-0.4, -0.2) is 51.3 Å². The van der Waals surface area contributed by atoms with E-state index in [4.69, 9.17) is 9.47 Å². The molecule has 0 heterocycles. The van der Waals surface area contributed by atoms with E-state index in [1.165, 1.54) is 26.7 Å². The van der Waals surface area contributed by atoms with E-state index >= 15 is 0 Å². The van der Waals surface area contributed by atoms with E-state index in [2.05, 4.69) is 27.7 Å². The first-order valence-electron chi connectivity index (χ1n) is 14.6. The first-order chi connectivity index (χ1) is 17.6. The zero-order chi connectivity index (χ0) is 28.3. The largest absolute Gasteiger partial charge is 0.462 e. The molecule has 0 bridgehead atoms. The molecule has 0 unspecified atom stereocenters. The van der Waals surface area contributed by atoms with E-state index in [0.29, 0.717) is 29.7 Å². The molecule has 0 saturated heterocycles. The Bertz CT molecular complexity index is 1000. The Hall–Kier alpha value is -1.73. The van der Waals surface area contributed by atoms with Crippen LogP contribution in [0.3, 0.4) is 0 Å². The third kappa shape index (κ3) is 4.36. The highest BCUT2D eigenvalue weighted by Gasteiger charge is 2.75. The molecule has 0 aliphatic heterocycles. The summed E-state index contributed by atoms with van der Waals surface area (Å²) in [6.45, 7) is 13.4. The number of Topliss-reactive ketones (excluding diaryl/α,β-unsaturated/α-hetero) is 1. The molecule has 4 aliphatic carbocycles. The maximum absolute atomic E-state index is 14.2. The number of fused-ring (bicyclic) bond motifs is 5. The summed E-state index contributed by atoms with van der Waals surface area (Å²) < 4.78 is 11.2. The highest BCUT2D eigenvalue weighted by Crippen LogP contribution is 2.68. The summed E-state index contributed by atoms with van der Waals surface area (Å²) in [4.78, 5) is 38.1. The van der Waals surface area contributed by atoms with Crippen LogP contribution in [0.5, 0.6) is 0 Å². The molecule has 3 saturated carbocycles. The normalized spacial score (nSPS) is 43.0.